The summed E-state index contributed by atoms with van der Waals surface area (Å²) in [5, 5.41) is 6.11. The number of hydrogen-bond acceptors (Lipinski definition) is 4. The molecule has 0 bridgehead atoms. The highest BCUT2D eigenvalue weighted by Crippen LogP contribution is 2.27. The van der Waals surface area contributed by atoms with Gasteiger partial charge >= 0.3 is 0 Å². The minimum atomic E-state index is -0.582. The van der Waals surface area contributed by atoms with E-state index in [2.05, 4.69) is 35.4 Å². The molecule has 0 spiro atoms. The molecule has 1 saturated heterocycles. The number of likely N-dealkylation sites (tertiary alicyclic amines) is 1. The summed E-state index contributed by atoms with van der Waals surface area (Å²) in [6.45, 7) is 8.53. The number of benzene rings is 2. The highest BCUT2D eigenvalue weighted by Gasteiger charge is 2.27. The van der Waals surface area contributed by atoms with Crippen LogP contribution in [0.1, 0.15) is 60.6 Å². The van der Waals surface area contributed by atoms with Crippen LogP contribution < -0.4 is 15.4 Å². The first kappa shape index (κ1) is 24.8. The lowest BCUT2D eigenvalue weighted by Gasteiger charge is -2.29. The first-order valence-electron chi connectivity index (χ1n) is 11.9. The standard InChI is InChI=1S/C27H37N3O3/c1-19(2)16-24(29-26(31)23-13-6-5-10-20(23)3)27(32)28-18-25(30-14-7-8-15-30)21-11-9-12-22(17-21)33-4/h5-6,9-13,17,19,24-25H,7-8,14-16,18H2,1-4H3,(H,28,32)(H,29,31). The molecule has 2 aromatic carbocycles. The number of carbonyl (C=O) groups is 2. The molecule has 6 nitrogen and oxygen atoms in total. The summed E-state index contributed by atoms with van der Waals surface area (Å²) in [6, 6.07) is 15.0. The molecule has 3 rings (SSSR count). The minimum Gasteiger partial charge on any atom is -0.497 e. The SMILES string of the molecule is COc1cccc(C(CNC(=O)C(CC(C)C)NC(=O)c2ccccc2C)N2CCCC2)c1. The van der Waals surface area contributed by atoms with E-state index in [1.165, 1.54) is 0 Å². The smallest absolute Gasteiger partial charge is 0.252 e. The van der Waals surface area contributed by atoms with Crippen molar-refractivity contribution >= 4 is 11.8 Å². The monoisotopic (exact) mass is 451 g/mol. The third-order valence-electron chi connectivity index (χ3n) is 6.25. The van der Waals surface area contributed by atoms with E-state index in [1.54, 1.807) is 13.2 Å². The summed E-state index contributed by atoms with van der Waals surface area (Å²) in [5.74, 6) is 0.729. The van der Waals surface area contributed by atoms with Gasteiger partial charge in [-0.25, -0.2) is 0 Å². The van der Waals surface area contributed by atoms with E-state index in [0.717, 1.165) is 42.8 Å². The van der Waals surface area contributed by atoms with Crippen molar-refractivity contribution in [3.63, 3.8) is 0 Å². The Bertz CT molecular complexity index is 938. The molecule has 33 heavy (non-hydrogen) atoms. The first-order valence-corrected chi connectivity index (χ1v) is 11.9. The molecule has 1 aliphatic rings. The average Bonchev–Trinajstić information content (AvgIpc) is 3.33. The maximum atomic E-state index is 13.2. The number of hydrogen-bond donors (Lipinski definition) is 2. The zero-order chi connectivity index (χ0) is 23.8. The Balaban J connectivity index is 1.72. The van der Waals surface area contributed by atoms with Crippen LogP contribution in [0.15, 0.2) is 48.5 Å². The summed E-state index contributed by atoms with van der Waals surface area (Å²) in [6.07, 6.45) is 2.91. The van der Waals surface area contributed by atoms with Crippen LogP contribution in [-0.4, -0.2) is 49.5 Å². The second kappa shape index (κ2) is 11.8. The number of aryl methyl sites for hydroxylation is 1. The maximum Gasteiger partial charge on any atom is 0.252 e. The molecule has 2 amide bonds. The quantitative estimate of drug-likeness (QED) is 0.571. The highest BCUT2D eigenvalue weighted by molar-refractivity contribution is 5.98. The fraction of sp³-hybridized carbons (Fsp3) is 0.481. The third-order valence-corrected chi connectivity index (χ3v) is 6.25. The highest BCUT2D eigenvalue weighted by atomic mass is 16.5. The molecular formula is C27H37N3O3. The van der Waals surface area contributed by atoms with Crippen molar-refractivity contribution in [3.05, 3.63) is 65.2 Å². The topological polar surface area (TPSA) is 70.7 Å². The van der Waals surface area contributed by atoms with Gasteiger partial charge < -0.3 is 15.4 Å². The molecule has 2 unspecified atom stereocenters. The maximum absolute atomic E-state index is 13.2. The van der Waals surface area contributed by atoms with Gasteiger partial charge in [0.25, 0.3) is 5.91 Å². The molecule has 2 atom stereocenters. The van der Waals surface area contributed by atoms with Crippen LogP contribution in [0.25, 0.3) is 0 Å². The third kappa shape index (κ3) is 6.81. The van der Waals surface area contributed by atoms with Gasteiger partial charge in [-0.05, 0) is 74.5 Å². The van der Waals surface area contributed by atoms with Crippen LogP contribution in [0.4, 0.5) is 0 Å². The summed E-state index contributed by atoms with van der Waals surface area (Å²) in [7, 11) is 1.67. The summed E-state index contributed by atoms with van der Waals surface area (Å²) in [5.41, 5.74) is 2.62. The van der Waals surface area contributed by atoms with Gasteiger partial charge in [-0.1, -0.05) is 44.2 Å². The predicted octanol–water partition coefficient (Wildman–Crippen LogP) is 4.10. The van der Waals surface area contributed by atoms with Gasteiger partial charge in [-0.15, -0.1) is 0 Å². The fourth-order valence-electron chi connectivity index (χ4n) is 4.45. The predicted molar refractivity (Wildman–Crippen MR) is 131 cm³/mol. The first-order chi connectivity index (χ1) is 15.9. The number of nitrogens with zero attached hydrogens (tertiary/aromatic N) is 1. The molecule has 1 fully saturated rings. The van der Waals surface area contributed by atoms with Gasteiger partial charge in [0.2, 0.25) is 5.91 Å². The molecule has 1 aliphatic heterocycles. The van der Waals surface area contributed by atoms with Crippen LogP contribution in [0.2, 0.25) is 0 Å². The van der Waals surface area contributed by atoms with Gasteiger partial charge in [0, 0.05) is 12.1 Å². The van der Waals surface area contributed by atoms with Crippen LogP contribution >= 0.6 is 0 Å². The number of carbonyl (C=O) groups excluding carboxylic acids is 2. The number of nitrogens with one attached hydrogen (secondary N) is 2. The number of methoxy groups -OCH3 is 1. The fourth-order valence-corrected chi connectivity index (χ4v) is 4.45. The van der Waals surface area contributed by atoms with Crippen molar-refractivity contribution in [2.75, 3.05) is 26.7 Å². The lowest BCUT2D eigenvalue weighted by molar-refractivity contribution is -0.123. The lowest BCUT2D eigenvalue weighted by atomic mass is 10.0. The largest absolute Gasteiger partial charge is 0.497 e. The second-order valence-electron chi connectivity index (χ2n) is 9.25. The van der Waals surface area contributed by atoms with Gasteiger partial charge in [-0.3, -0.25) is 14.5 Å². The van der Waals surface area contributed by atoms with E-state index in [4.69, 9.17) is 4.74 Å². The molecule has 0 aliphatic carbocycles. The number of ether oxygens (including phenoxy) is 1. The molecule has 0 saturated carbocycles. The Morgan fingerprint density at radius 2 is 1.79 bits per heavy atom. The van der Waals surface area contributed by atoms with Gasteiger partial charge in [-0.2, -0.15) is 0 Å². The van der Waals surface area contributed by atoms with E-state index in [9.17, 15) is 9.59 Å². The van der Waals surface area contributed by atoms with Crippen molar-refractivity contribution in [2.24, 2.45) is 5.92 Å². The zero-order valence-corrected chi connectivity index (χ0v) is 20.3. The number of amides is 2. The molecule has 1 heterocycles. The molecule has 0 aromatic heterocycles. The van der Waals surface area contributed by atoms with Gasteiger partial charge in [0.15, 0.2) is 0 Å². The average molecular weight is 452 g/mol. The number of rotatable bonds is 10. The summed E-state index contributed by atoms with van der Waals surface area (Å²) in [4.78, 5) is 28.5. The minimum absolute atomic E-state index is 0.0679. The van der Waals surface area contributed by atoms with E-state index in [0.29, 0.717) is 18.5 Å². The Kier molecular flexibility index (Phi) is 8.89. The lowest BCUT2D eigenvalue weighted by Crippen LogP contribution is -2.49. The normalized spacial score (nSPS) is 15.8. The summed E-state index contributed by atoms with van der Waals surface area (Å²) >= 11 is 0. The van der Waals surface area contributed by atoms with Crippen molar-refractivity contribution in [1.29, 1.82) is 0 Å². The Morgan fingerprint density at radius 3 is 2.45 bits per heavy atom. The van der Waals surface area contributed by atoms with Crippen molar-refractivity contribution in [1.82, 2.24) is 15.5 Å². The molecular weight excluding hydrogens is 414 g/mol. The van der Waals surface area contributed by atoms with Crippen LogP contribution in [-0.2, 0) is 4.79 Å². The summed E-state index contributed by atoms with van der Waals surface area (Å²) < 4.78 is 5.42. The van der Waals surface area contributed by atoms with Gasteiger partial charge in [0.05, 0.1) is 13.2 Å². The Hall–Kier alpha value is -2.86. The van der Waals surface area contributed by atoms with Crippen LogP contribution in [0.3, 0.4) is 0 Å². The van der Waals surface area contributed by atoms with E-state index >= 15 is 0 Å². The van der Waals surface area contributed by atoms with Crippen molar-refractivity contribution < 1.29 is 14.3 Å². The van der Waals surface area contributed by atoms with Crippen molar-refractivity contribution in [2.45, 2.75) is 52.1 Å². The zero-order valence-electron chi connectivity index (χ0n) is 20.3. The van der Waals surface area contributed by atoms with E-state index < -0.39 is 6.04 Å². The van der Waals surface area contributed by atoms with Gasteiger partial charge in [0.1, 0.15) is 11.8 Å². The molecule has 0 radical (unpaired) electrons. The molecule has 2 N–H and O–H groups in total. The van der Waals surface area contributed by atoms with Crippen LogP contribution in [0, 0.1) is 12.8 Å². The van der Waals surface area contributed by atoms with Crippen molar-refractivity contribution in [3.8, 4) is 5.75 Å². The Labute approximate surface area is 197 Å². The van der Waals surface area contributed by atoms with E-state index in [-0.39, 0.29) is 23.8 Å². The molecule has 2 aromatic rings. The second-order valence-corrected chi connectivity index (χ2v) is 9.25. The Morgan fingerprint density at radius 1 is 1.06 bits per heavy atom. The van der Waals surface area contributed by atoms with E-state index in [1.807, 2.05) is 43.3 Å². The van der Waals surface area contributed by atoms with Crippen LogP contribution in [0.5, 0.6) is 5.75 Å². The molecule has 178 valence electrons. The molecule has 6 heteroatoms.